The molecule has 0 atom stereocenters. The van der Waals surface area contributed by atoms with Gasteiger partial charge < -0.3 is 14.7 Å². The third-order valence-corrected chi connectivity index (χ3v) is 6.01. The average molecular weight is 441 g/mol. The number of nitrogens with zero attached hydrogens (tertiary/aromatic N) is 5. The van der Waals surface area contributed by atoms with E-state index in [0.717, 1.165) is 30.2 Å². The number of nitrogens with one attached hydrogen (secondary N) is 1. The molecule has 1 saturated heterocycles. The van der Waals surface area contributed by atoms with Gasteiger partial charge in [0.2, 0.25) is 5.95 Å². The highest BCUT2D eigenvalue weighted by Gasteiger charge is 2.21. The van der Waals surface area contributed by atoms with Crippen LogP contribution in [0.5, 0.6) is 0 Å². The zero-order valence-electron chi connectivity index (χ0n) is 17.4. The Morgan fingerprint density at radius 1 is 1.26 bits per heavy atom. The lowest BCUT2D eigenvalue weighted by Crippen LogP contribution is -2.36. The lowest BCUT2D eigenvalue weighted by molar-refractivity contribution is 0.0531. The molecule has 1 aliphatic heterocycles. The van der Waals surface area contributed by atoms with Crippen molar-refractivity contribution in [2.45, 2.75) is 32.8 Å². The van der Waals surface area contributed by atoms with Crippen molar-refractivity contribution in [3.8, 4) is 11.3 Å². The minimum absolute atomic E-state index is 0.269. The van der Waals surface area contributed by atoms with Gasteiger partial charge in [-0.3, -0.25) is 10.3 Å². The number of piperidine rings is 1. The van der Waals surface area contributed by atoms with Gasteiger partial charge in [0.15, 0.2) is 5.13 Å². The summed E-state index contributed by atoms with van der Waals surface area (Å²) in [6, 6.07) is 5.72. The summed E-state index contributed by atoms with van der Waals surface area (Å²) in [5.41, 5.74) is 2.27. The van der Waals surface area contributed by atoms with E-state index in [2.05, 4.69) is 30.2 Å². The SMILES string of the molecule is CCOC(=O)c1sc(Nc2nc(-c3ccncc3)cc(N3CCC(O)CC3)n2)nc1C. The Morgan fingerprint density at radius 2 is 2.00 bits per heavy atom. The van der Waals surface area contributed by atoms with Gasteiger partial charge in [-0.25, -0.2) is 14.8 Å². The smallest absolute Gasteiger partial charge is 0.350 e. The molecule has 0 aromatic carbocycles. The number of aliphatic hydroxyl groups is 1. The predicted octanol–water partition coefficient (Wildman–Crippen LogP) is 3.18. The fourth-order valence-corrected chi connectivity index (χ4v) is 4.20. The van der Waals surface area contributed by atoms with E-state index < -0.39 is 0 Å². The Hall–Kier alpha value is -3.11. The van der Waals surface area contributed by atoms with Crippen molar-refractivity contribution in [1.82, 2.24) is 19.9 Å². The summed E-state index contributed by atoms with van der Waals surface area (Å²) in [5.74, 6) is 0.777. The summed E-state index contributed by atoms with van der Waals surface area (Å²) in [7, 11) is 0. The molecule has 3 aromatic rings. The number of aryl methyl sites for hydroxylation is 1. The second-order valence-electron chi connectivity index (χ2n) is 7.17. The molecule has 1 fully saturated rings. The number of pyridine rings is 1. The first-order chi connectivity index (χ1) is 15.0. The topological polar surface area (TPSA) is 113 Å². The largest absolute Gasteiger partial charge is 0.462 e. The Labute approximate surface area is 184 Å². The number of rotatable bonds is 6. The molecule has 3 aromatic heterocycles. The normalized spacial score (nSPS) is 14.5. The van der Waals surface area contributed by atoms with E-state index in [9.17, 15) is 9.90 Å². The van der Waals surface area contributed by atoms with Crippen LogP contribution < -0.4 is 10.2 Å². The van der Waals surface area contributed by atoms with E-state index >= 15 is 0 Å². The molecule has 0 aliphatic carbocycles. The zero-order chi connectivity index (χ0) is 21.8. The fourth-order valence-electron chi connectivity index (χ4n) is 3.35. The Kier molecular flexibility index (Phi) is 6.38. The summed E-state index contributed by atoms with van der Waals surface area (Å²) in [5, 5.41) is 13.5. The standard InChI is InChI=1S/C21H24N6O3S/c1-3-30-19(29)18-13(2)23-21(31-18)26-20-24-16(14-4-8-22-9-5-14)12-17(25-20)27-10-6-15(28)7-11-27/h4-5,8-9,12,15,28H,3,6-7,10-11H2,1-2H3,(H,23,24,25,26). The highest BCUT2D eigenvalue weighted by Crippen LogP contribution is 2.29. The van der Waals surface area contributed by atoms with Crippen LogP contribution in [-0.4, -0.2) is 56.8 Å². The molecule has 4 rings (SSSR count). The predicted molar refractivity (Wildman–Crippen MR) is 119 cm³/mol. The molecule has 0 radical (unpaired) electrons. The monoisotopic (exact) mass is 440 g/mol. The quantitative estimate of drug-likeness (QED) is 0.558. The maximum atomic E-state index is 12.1. The number of esters is 1. The van der Waals surface area contributed by atoms with Gasteiger partial charge in [-0.05, 0) is 38.8 Å². The van der Waals surface area contributed by atoms with Gasteiger partial charge in [-0.15, -0.1) is 0 Å². The average Bonchev–Trinajstić information content (AvgIpc) is 3.15. The first-order valence-corrected chi connectivity index (χ1v) is 11.0. The Morgan fingerprint density at radius 3 is 2.71 bits per heavy atom. The van der Waals surface area contributed by atoms with E-state index in [-0.39, 0.29) is 12.1 Å². The summed E-state index contributed by atoms with van der Waals surface area (Å²) in [6.07, 6.45) is 4.57. The molecule has 0 bridgehead atoms. The molecule has 0 unspecified atom stereocenters. The minimum atomic E-state index is -0.385. The first-order valence-electron chi connectivity index (χ1n) is 10.2. The van der Waals surface area contributed by atoms with Gasteiger partial charge in [0.1, 0.15) is 10.7 Å². The highest BCUT2D eigenvalue weighted by molar-refractivity contribution is 7.17. The molecule has 0 amide bonds. The van der Waals surface area contributed by atoms with Crippen LogP contribution in [0.1, 0.15) is 35.1 Å². The van der Waals surface area contributed by atoms with Crippen LogP contribution in [-0.2, 0) is 4.74 Å². The van der Waals surface area contributed by atoms with Crippen LogP contribution in [0.15, 0.2) is 30.6 Å². The molecule has 162 valence electrons. The maximum Gasteiger partial charge on any atom is 0.350 e. The highest BCUT2D eigenvalue weighted by atomic mass is 32.1. The van der Waals surface area contributed by atoms with Crippen molar-refractivity contribution >= 4 is 34.2 Å². The minimum Gasteiger partial charge on any atom is -0.462 e. The van der Waals surface area contributed by atoms with Crippen LogP contribution in [0.3, 0.4) is 0 Å². The number of carbonyl (C=O) groups is 1. The van der Waals surface area contributed by atoms with Gasteiger partial charge in [-0.1, -0.05) is 11.3 Å². The number of hydrogen-bond donors (Lipinski definition) is 2. The van der Waals surface area contributed by atoms with Crippen LogP contribution in [0.2, 0.25) is 0 Å². The van der Waals surface area contributed by atoms with E-state index in [0.29, 0.717) is 41.1 Å². The second kappa shape index (κ2) is 9.36. The number of aromatic nitrogens is 4. The lowest BCUT2D eigenvalue weighted by atomic mass is 10.1. The number of aliphatic hydroxyl groups excluding tert-OH is 1. The third kappa shape index (κ3) is 4.97. The van der Waals surface area contributed by atoms with Crippen LogP contribution in [0.25, 0.3) is 11.3 Å². The fraction of sp³-hybridized carbons (Fsp3) is 0.381. The van der Waals surface area contributed by atoms with Crippen molar-refractivity contribution in [2.24, 2.45) is 0 Å². The van der Waals surface area contributed by atoms with Gasteiger partial charge in [0.05, 0.1) is 24.1 Å². The van der Waals surface area contributed by atoms with E-state index in [1.807, 2.05) is 18.2 Å². The summed E-state index contributed by atoms with van der Waals surface area (Å²) in [4.78, 5) is 32.6. The molecule has 31 heavy (non-hydrogen) atoms. The van der Waals surface area contributed by atoms with E-state index in [1.165, 1.54) is 11.3 Å². The molecular formula is C21H24N6O3S. The van der Waals surface area contributed by atoms with E-state index in [1.54, 1.807) is 26.2 Å². The van der Waals surface area contributed by atoms with Crippen LogP contribution in [0, 0.1) is 6.92 Å². The van der Waals surface area contributed by atoms with Crippen molar-refractivity contribution in [3.63, 3.8) is 0 Å². The van der Waals surface area contributed by atoms with E-state index in [4.69, 9.17) is 4.74 Å². The number of carbonyl (C=O) groups excluding carboxylic acids is 1. The number of hydrogen-bond acceptors (Lipinski definition) is 10. The first kappa shape index (κ1) is 21.1. The molecule has 2 N–H and O–H groups in total. The molecule has 4 heterocycles. The van der Waals surface area contributed by atoms with Crippen molar-refractivity contribution < 1.29 is 14.6 Å². The van der Waals surface area contributed by atoms with Crippen molar-refractivity contribution in [2.75, 3.05) is 29.9 Å². The molecule has 9 nitrogen and oxygen atoms in total. The van der Waals surface area contributed by atoms with Crippen LogP contribution in [0.4, 0.5) is 16.9 Å². The summed E-state index contributed by atoms with van der Waals surface area (Å²) < 4.78 is 5.10. The number of ether oxygens (including phenoxy) is 1. The molecule has 1 aliphatic rings. The summed E-state index contributed by atoms with van der Waals surface area (Å²) in [6.45, 7) is 5.29. The number of thiazole rings is 1. The third-order valence-electron chi connectivity index (χ3n) is 4.95. The van der Waals surface area contributed by atoms with Gasteiger partial charge in [-0.2, -0.15) is 4.98 Å². The molecule has 0 spiro atoms. The Balaban J connectivity index is 1.66. The van der Waals surface area contributed by atoms with Crippen molar-refractivity contribution in [1.29, 1.82) is 0 Å². The number of anilines is 3. The zero-order valence-corrected chi connectivity index (χ0v) is 18.2. The lowest BCUT2D eigenvalue weighted by Gasteiger charge is -2.30. The molecule has 10 heteroatoms. The molecule has 0 saturated carbocycles. The van der Waals surface area contributed by atoms with Crippen molar-refractivity contribution in [3.05, 3.63) is 41.2 Å². The van der Waals surface area contributed by atoms with Gasteiger partial charge in [0.25, 0.3) is 0 Å². The maximum absolute atomic E-state index is 12.1. The van der Waals surface area contributed by atoms with Crippen LogP contribution >= 0.6 is 11.3 Å². The van der Waals surface area contributed by atoms with Gasteiger partial charge in [0, 0.05) is 37.1 Å². The Bertz CT molecular complexity index is 1050. The summed E-state index contributed by atoms with van der Waals surface area (Å²) >= 11 is 1.21. The second-order valence-corrected chi connectivity index (χ2v) is 8.17. The van der Waals surface area contributed by atoms with Gasteiger partial charge >= 0.3 is 5.97 Å². The molecular weight excluding hydrogens is 416 g/mol.